The Morgan fingerprint density at radius 3 is 1.95 bits per heavy atom. The third-order valence-corrected chi connectivity index (χ3v) is 3.26. The van der Waals surface area contributed by atoms with Gasteiger partial charge in [-0.05, 0) is 62.2 Å². The van der Waals surface area contributed by atoms with Crippen molar-refractivity contribution in [3.8, 4) is 0 Å². The zero-order valence-corrected chi connectivity index (χ0v) is 12.0. The van der Waals surface area contributed by atoms with Crippen LogP contribution < -0.4 is 10.6 Å². The van der Waals surface area contributed by atoms with Crippen LogP contribution in [-0.2, 0) is 6.42 Å². The molecule has 0 saturated heterocycles. The van der Waals surface area contributed by atoms with Gasteiger partial charge in [0.25, 0.3) is 0 Å². The highest BCUT2D eigenvalue weighted by Crippen LogP contribution is 2.25. The van der Waals surface area contributed by atoms with E-state index >= 15 is 0 Å². The lowest BCUT2D eigenvalue weighted by Gasteiger charge is -2.23. The first-order chi connectivity index (χ1) is 9.60. The van der Waals surface area contributed by atoms with Crippen molar-refractivity contribution >= 4 is 11.4 Å². The molecule has 2 aromatic carbocycles. The molecule has 1 unspecified atom stereocenters. The van der Waals surface area contributed by atoms with Crippen LogP contribution in [0.3, 0.4) is 0 Å². The summed E-state index contributed by atoms with van der Waals surface area (Å²) in [6.07, 6.45) is 0.878. The third-order valence-electron chi connectivity index (χ3n) is 3.26. The molecule has 2 N–H and O–H groups in total. The molecule has 0 aliphatic heterocycles. The number of nitrogens with zero attached hydrogens (tertiary/aromatic N) is 1. The number of hydrogen-bond donors (Lipinski definition) is 1. The quantitative estimate of drug-likeness (QED) is 0.895. The first kappa shape index (κ1) is 14.5. The molecule has 106 valence electrons. The highest BCUT2D eigenvalue weighted by atomic mass is 19.1. The molecule has 2 aromatic rings. The molecule has 0 amide bonds. The second kappa shape index (κ2) is 6.53. The summed E-state index contributed by atoms with van der Waals surface area (Å²) in [5.41, 5.74) is 9.14. The van der Waals surface area contributed by atoms with Crippen molar-refractivity contribution in [3.05, 3.63) is 59.9 Å². The fraction of sp³-hybridized carbons (Fsp3) is 0.294. The maximum absolute atomic E-state index is 13.0. The minimum Gasteiger partial charge on any atom is -0.342 e. The molecule has 0 saturated carbocycles. The van der Waals surface area contributed by atoms with E-state index < -0.39 is 0 Å². The molecular formula is C17H21FN2. The van der Waals surface area contributed by atoms with E-state index in [1.165, 1.54) is 17.7 Å². The average molecular weight is 272 g/mol. The van der Waals surface area contributed by atoms with Crippen LogP contribution in [0.25, 0.3) is 0 Å². The summed E-state index contributed by atoms with van der Waals surface area (Å²) in [5, 5.41) is 0. The minimum atomic E-state index is -0.211. The Kier molecular flexibility index (Phi) is 4.74. The van der Waals surface area contributed by atoms with Crippen LogP contribution >= 0.6 is 0 Å². The Balaban J connectivity index is 2.21. The SMILES string of the molecule is CCN(c1ccc(F)cc1)c1ccc(CC(C)N)cc1. The number of rotatable bonds is 5. The lowest BCUT2D eigenvalue weighted by atomic mass is 10.1. The van der Waals surface area contributed by atoms with E-state index in [1.54, 1.807) is 12.1 Å². The van der Waals surface area contributed by atoms with Crippen LogP contribution in [0.4, 0.5) is 15.8 Å². The Hall–Kier alpha value is -1.87. The van der Waals surface area contributed by atoms with Gasteiger partial charge in [-0.25, -0.2) is 4.39 Å². The fourth-order valence-corrected chi connectivity index (χ4v) is 2.32. The summed E-state index contributed by atoms with van der Waals surface area (Å²) in [5.74, 6) is -0.211. The summed E-state index contributed by atoms with van der Waals surface area (Å²) in [6, 6.07) is 15.1. The molecule has 0 aromatic heterocycles. The smallest absolute Gasteiger partial charge is 0.123 e. The maximum Gasteiger partial charge on any atom is 0.123 e. The zero-order valence-electron chi connectivity index (χ0n) is 12.0. The molecule has 0 fully saturated rings. The molecule has 2 rings (SSSR count). The number of halogens is 1. The number of benzene rings is 2. The summed E-state index contributed by atoms with van der Waals surface area (Å²) in [6.45, 7) is 4.92. The number of anilines is 2. The summed E-state index contributed by atoms with van der Waals surface area (Å²) in [7, 11) is 0. The van der Waals surface area contributed by atoms with Crippen molar-refractivity contribution < 1.29 is 4.39 Å². The maximum atomic E-state index is 13.0. The predicted molar refractivity (Wildman–Crippen MR) is 82.9 cm³/mol. The highest BCUT2D eigenvalue weighted by Gasteiger charge is 2.07. The second-order valence-corrected chi connectivity index (χ2v) is 5.07. The van der Waals surface area contributed by atoms with Gasteiger partial charge < -0.3 is 10.6 Å². The van der Waals surface area contributed by atoms with Crippen LogP contribution in [-0.4, -0.2) is 12.6 Å². The van der Waals surface area contributed by atoms with Gasteiger partial charge >= 0.3 is 0 Å². The largest absolute Gasteiger partial charge is 0.342 e. The van der Waals surface area contributed by atoms with Gasteiger partial charge in [0, 0.05) is 24.0 Å². The summed E-state index contributed by atoms with van der Waals surface area (Å²) in [4.78, 5) is 2.15. The Bertz CT molecular complexity index is 532. The molecule has 20 heavy (non-hydrogen) atoms. The van der Waals surface area contributed by atoms with Gasteiger partial charge in [0.05, 0.1) is 0 Å². The predicted octanol–water partition coefficient (Wildman–Crippen LogP) is 3.87. The van der Waals surface area contributed by atoms with E-state index in [-0.39, 0.29) is 11.9 Å². The van der Waals surface area contributed by atoms with Gasteiger partial charge in [0.2, 0.25) is 0 Å². The Morgan fingerprint density at radius 1 is 1.00 bits per heavy atom. The molecule has 1 atom stereocenters. The van der Waals surface area contributed by atoms with Gasteiger partial charge in [0.15, 0.2) is 0 Å². The van der Waals surface area contributed by atoms with E-state index in [9.17, 15) is 4.39 Å². The summed E-state index contributed by atoms with van der Waals surface area (Å²) >= 11 is 0. The van der Waals surface area contributed by atoms with Crippen molar-refractivity contribution in [2.45, 2.75) is 26.3 Å². The van der Waals surface area contributed by atoms with E-state index in [0.717, 1.165) is 24.3 Å². The topological polar surface area (TPSA) is 29.3 Å². The highest BCUT2D eigenvalue weighted by molar-refractivity contribution is 5.63. The van der Waals surface area contributed by atoms with E-state index in [1.807, 2.05) is 6.92 Å². The molecule has 0 radical (unpaired) electrons. The van der Waals surface area contributed by atoms with Crippen LogP contribution in [0, 0.1) is 5.82 Å². The molecular weight excluding hydrogens is 251 g/mol. The summed E-state index contributed by atoms with van der Waals surface area (Å²) < 4.78 is 13.0. The van der Waals surface area contributed by atoms with Crippen molar-refractivity contribution in [1.29, 1.82) is 0 Å². The van der Waals surface area contributed by atoms with Crippen LogP contribution in [0.15, 0.2) is 48.5 Å². The van der Waals surface area contributed by atoms with Gasteiger partial charge in [0.1, 0.15) is 5.82 Å². The molecule has 0 aliphatic rings. The lowest BCUT2D eigenvalue weighted by molar-refractivity contribution is 0.628. The Labute approximate surface area is 120 Å². The van der Waals surface area contributed by atoms with Gasteiger partial charge in [-0.3, -0.25) is 0 Å². The molecule has 2 nitrogen and oxygen atoms in total. The fourth-order valence-electron chi connectivity index (χ4n) is 2.32. The van der Waals surface area contributed by atoms with Crippen LogP contribution in [0.5, 0.6) is 0 Å². The van der Waals surface area contributed by atoms with Crippen molar-refractivity contribution in [3.63, 3.8) is 0 Å². The normalized spacial score (nSPS) is 12.2. The van der Waals surface area contributed by atoms with Gasteiger partial charge in [-0.1, -0.05) is 12.1 Å². The lowest BCUT2D eigenvalue weighted by Crippen LogP contribution is -2.18. The van der Waals surface area contributed by atoms with E-state index in [2.05, 4.69) is 36.1 Å². The van der Waals surface area contributed by atoms with E-state index in [4.69, 9.17) is 5.73 Å². The third kappa shape index (κ3) is 3.58. The van der Waals surface area contributed by atoms with Crippen molar-refractivity contribution in [2.24, 2.45) is 5.73 Å². The Morgan fingerprint density at radius 2 is 1.50 bits per heavy atom. The first-order valence-corrected chi connectivity index (χ1v) is 6.97. The average Bonchev–Trinajstić information content (AvgIpc) is 2.43. The molecule has 0 bridgehead atoms. The minimum absolute atomic E-state index is 0.167. The second-order valence-electron chi connectivity index (χ2n) is 5.07. The number of nitrogens with two attached hydrogens (primary N) is 1. The molecule has 3 heteroatoms. The molecule has 0 aliphatic carbocycles. The van der Waals surface area contributed by atoms with Crippen molar-refractivity contribution in [2.75, 3.05) is 11.4 Å². The number of hydrogen-bond acceptors (Lipinski definition) is 2. The molecule has 0 heterocycles. The van der Waals surface area contributed by atoms with Crippen molar-refractivity contribution in [1.82, 2.24) is 0 Å². The monoisotopic (exact) mass is 272 g/mol. The zero-order chi connectivity index (χ0) is 14.5. The first-order valence-electron chi connectivity index (χ1n) is 6.97. The van der Waals surface area contributed by atoms with Gasteiger partial charge in [-0.15, -0.1) is 0 Å². The van der Waals surface area contributed by atoms with Crippen LogP contribution in [0.2, 0.25) is 0 Å². The van der Waals surface area contributed by atoms with E-state index in [0.29, 0.717) is 0 Å². The molecule has 0 spiro atoms. The standard InChI is InChI=1S/C17H21FN2/c1-3-20(17-10-6-15(18)7-11-17)16-8-4-14(5-9-16)12-13(2)19/h4-11,13H,3,12,19H2,1-2H3. The van der Waals surface area contributed by atoms with Gasteiger partial charge in [-0.2, -0.15) is 0 Å². The van der Waals surface area contributed by atoms with Crippen LogP contribution in [0.1, 0.15) is 19.4 Å².